The van der Waals surface area contributed by atoms with Crippen LogP contribution in [-0.4, -0.2) is 9.78 Å². The molecular weight excluding hydrogens is 236 g/mol. The van der Waals surface area contributed by atoms with Crippen LogP contribution in [0.15, 0.2) is 30.6 Å². The number of nitrogens with one attached hydrogen (secondary N) is 1. The lowest BCUT2D eigenvalue weighted by molar-refractivity contribution is 0.500. The number of benzene rings is 1. The van der Waals surface area contributed by atoms with E-state index in [4.69, 9.17) is 0 Å². The fourth-order valence-corrected chi connectivity index (χ4v) is 1.69. The van der Waals surface area contributed by atoms with E-state index in [0.29, 0.717) is 5.56 Å². The minimum Gasteiger partial charge on any atom is -0.378 e. The highest BCUT2D eigenvalue weighted by molar-refractivity contribution is 5.39. The molecule has 0 aliphatic rings. The van der Waals surface area contributed by atoms with Gasteiger partial charge in [-0.25, -0.2) is 8.78 Å². The van der Waals surface area contributed by atoms with Crippen LogP contribution in [0.25, 0.3) is 0 Å². The molecular formula is C13H15F2N3. The summed E-state index contributed by atoms with van der Waals surface area (Å²) in [5.41, 5.74) is 1.10. The topological polar surface area (TPSA) is 29.9 Å². The van der Waals surface area contributed by atoms with Crippen LogP contribution in [0.1, 0.15) is 18.9 Å². The van der Waals surface area contributed by atoms with E-state index >= 15 is 0 Å². The van der Waals surface area contributed by atoms with Gasteiger partial charge in [-0.05, 0) is 12.5 Å². The van der Waals surface area contributed by atoms with E-state index in [9.17, 15) is 8.78 Å². The van der Waals surface area contributed by atoms with Gasteiger partial charge in [0.25, 0.3) is 0 Å². The second-order valence-electron chi connectivity index (χ2n) is 4.06. The maximum atomic E-state index is 13.4. The molecule has 1 aromatic heterocycles. The van der Waals surface area contributed by atoms with Crippen molar-refractivity contribution in [2.45, 2.75) is 26.4 Å². The molecule has 2 aromatic rings. The summed E-state index contributed by atoms with van der Waals surface area (Å²) in [6.07, 6.45) is 4.52. The van der Waals surface area contributed by atoms with Crippen molar-refractivity contribution in [1.29, 1.82) is 0 Å². The summed E-state index contributed by atoms with van der Waals surface area (Å²) in [6.45, 7) is 3.15. The molecule has 18 heavy (non-hydrogen) atoms. The van der Waals surface area contributed by atoms with Crippen molar-refractivity contribution in [3.8, 4) is 0 Å². The predicted molar refractivity (Wildman–Crippen MR) is 66.2 cm³/mol. The summed E-state index contributed by atoms with van der Waals surface area (Å²) >= 11 is 0. The zero-order valence-corrected chi connectivity index (χ0v) is 10.2. The number of aryl methyl sites for hydroxylation is 1. The molecule has 0 radical (unpaired) electrons. The van der Waals surface area contributed by atoms with E-state index < -0.39 is 11.6 Å². The van der Waals surface area contributed by atoms with Gasteiger partial charge in [-0.1, -0.05) is 19.1 Å². The molecule has 1 N–H and O–H groups in total. The van der Waals surface area contributed by atoms with Gasteiger partial charge in [0.1, 0.15) is 0 Å². The van der Waals surface area contributed by atoms with Gasteiger partial charge in [-0.2, -0.15) is 5.10 Å². The second-order valence-corrected chi connectivity index (χ2v) is 4.06. The molecule has 0 spiro atoms. The van der Waals surface area contributed by atoms with Crippen molar-refractivity contribution in [1.82, 2.24) is 9.78 Å². The largest absolute Gasteiger partial charge is 0.378 e. The third-order valence-corrected chi connectivity index (χ3v) is 2.60. The summed E-state index contributed by atoms with van der Waals surface area (Å²) in [5.74, 6) is -1.62. The molecule has 0 aliphatic carbocycles. The molecule has 0 unspecified atom stereocenters. The highest BCUT2D eigenvalue weighted by atomic mass is 19.2. The predicted octanol–water partition coefficient (Wildman–Crippen LogP) is 3.18. The Hall–Kier alpha value is -1.91. The van der Waals surface area contributed by atoms with Gasteiger partial charge in [-0.15, -0.1) is 0 Å². The quantitative estimate of drug-likeness (QED) is 0.884. The van der Waals surface area contributed by atoms with E-state index in [0.717, 1.165) is 24.7 Å². The van der Waals surface area contributed by atoms with Crippen molar-refractivity contribution in [3.63, 3.8) is 0 Å². The maximum Gasteiger partial charge on any atom is 0.163 e. The summed E-state index contributed by atoms with van der Waals surface area (Å²) in [7, 11) is 0. The molecule has 0 saturated heterocycles. The summed E-state index contributed by atoms with van der Waals surface area (Å²) in [5, 5.41) is 7.16. The molecule has 0 bridgehead atoms. The number of aromatic nitrogens is 2. The molecule has 0 aliphatic heterocycles. The Balaban J connectivity index is 2.00. The maximum absolute atomic E-state index is 13.4. The fourth-order valence-electron chi connectivity index (χ4n) is 1.69. The van der Waals surface area contributed by atoms with Crippen LogP contribution in [0.4, 0.5) is 14.5 Å². The first-order valence-electron chi connectivity index (χ1n) is 5.90. The Morgan fingerprint density at radius 1 is 1.33 bits per heavy atom. The van der Waals surface area contributed by atoms with Crippen molar-refractivity contribution >= 4 is 5.69 Å². The smallest absolute Gasteiger partial charge is 0.163 e. The lowest BCUT2D eigenvalue weighted by atomic mass is 10.2. The minimum atomic E-state index is -0.823. The average Bonchev–Trinajstić information content (AvgIpc) is 2.79. The molecule has 1 heterocycles. The summed E-state index contributed by atoms with van der Waals surface area (Å²) < 4.78 is 28.2. The van der Waals surface area contributed by atoms with Crippen LogP contribution in [0.3, 0.4) is 0 Å². The molecule has 1 aromatic carbocycles. The third-order valence-electron chi connectivity index (χ3n) is 2.60. The summed E-state index contributed by atoms with van der Waals surface area (Å²) in [6, 6.07) is 4.16. The van der Waals surface area contributed by atoms with Crippen LogP contribution in [0, 0.1) is 11.6 Å². The molecule has 0 saturated carbocycles. The Morgan fingerprint density at radius 3 is 2.94 bits per heavy atom. The van der Waals surface area contributed by atoms with E-state index in [1.807, 2.05) is 10.9 Å². The van der Waals surface area contributed by atoms with E-state index in [1.165, 1.54) is 6.07 Å². The SMILES string of the molecule is CCCn1cc(NCc2cccc(F)c2F)cn1. The van der Waals surface area contributed by atoms with Gasteiger partial charge in [0.15, 0.2) is 11.6 Å². The van der Waals surface area contributed by atoms with Crippen LogP contribution >= 0.6 is 0 Å². The van der Waals surface area contributed by atoms with E-state index in [2.05, 4.69) is 17.3 Å². The van der Waals surface area contributed by atoms with Gasteiger partial charge >= 0.3 is 0 Å². The number of hydrogen-bond donors (Lipinski definition) is 1. The Labute approximate surface area is 104 Å². The van der Waals surface area contributed by atoms with Crippen molar-refractivity contribution in [3.05, 3.63) is 47.8 Å². The Kier molecular flexibility index (Phi) is 3.92. The highest BCUT2D eigenvalue weighted by Crippen LogP contribution is 2.13. The first-order chi connectivity index (χ1) is 8.70. The molecule has 5 heteroatoms. The van der Waals surface area contributed by atoms with Gasteiger partial charge in [0, 0.05) is 24.8 Å². The van der Waals surface area contributed by atoms with Gasteiger partial charge in [0.05, 0.1) is 11.9 Å². The van der Waals surface area contributed by atoms with Crippen LogP contribution in [0.5, 0.6) is 0 Å². The Bertz CT molecular complexity index is 523. The number of halogens is 2. The number of nitrogens with zero attached hydrogens (tertiary/aromatic N) is 2. The lowest BCUT2D eigenvalue weighted by Gasteiger charge is -2.05. The molecule has 96 valence electrons. The lowest BCUT2D eigenvalue weighted by Crippen LogP contribution is -2.02. The molecule has 0 amide bonds. The molecule has 0 atom stereocenters. The summed E-state index contributed by atoms with van der Waals surface area (Å²) in [4.78, 5) is 0. The van der Waals surface area contributed by atoms with E-state index in [-0.39, 0.29) is 6.54 Å². The monoisotopic (exact) mass is 251 g/mol. The fraction of sp³-hybridized carbons (Fsp3) is 0.308. The first-order valence-corrected chi connectivity index (χ1v) is 5.90. The molecule has 3 nitrogen and oxygen atoms in total. The highest BCUT2D eigenvalue weighted by Gasteiger charge is 2.07. The third kappa shape index (κ3) is 2.85. The molecule has 2 rings (SSSR count). The van der Waals surface area contributed by atoms with Crippen LogP contribution in [-0.2, 0) is 13.1 Å². The number of rotatable bonds is 5. The van der Waals surface area contributed by atoms with Crippen LogP contribution in [0.2, 0.25) is 0 Å². The van der Waals surface area contributed by atoms with Gasteiger partial charge in [-0.3, -0.25) is 4.68 Å². The zero-order valence-electron chi connectivity index (χ0n) is 10.2. The van der Waals surface area contributed by atoms with Crippen molar-refractivity contribution in [2.24, 2.45) is 0 Å². The Morgan fingerprint density at radius 2 is 2.17 bits per heavy atom. The average molecular weight is 251 g/mol. The standard InChI is InChI=1S/C13H15F2N3/c1-2-6-18-9-11(8-17-18)16-7-10-4-3-5-12(14)13(10)15/h3-5,8-9,16H,2,6-7H2,1H3. The zero-order chi connectivity index (χ0) is 13.0. The van der Waals surface area contributed by atoms with Crippen molar-refractivity contribution in [2.75, 3.05) is 5.32 Å². The molecule has 0 fully saturated rings. The second kappa shape index (κ2) is 5.62. The van der Waals surface area contributed by atoms with Crippen molar-refractivity contribution < 1.29 is 8.78 Å². The van der Waals surface area contributed by atoms with E-state index in [1.54, 1.807) is 12.3 Å². The number of hydrogen-bond acceptors (Lipinski definition) is 2. The normalized spacial score (nSPS) is 10.6. The number of anilines is 1. The first kappa shape index (κ1) is 12.5. The van der Waals surface area contributed by atoms with Gasteiger partial charge in [0.2, 0.25) is 0 Å². The van der Waals surface area contributed by atoms with Crippen LogP contribution < -0.4 is 5.32 Å². The van der Waals surface area contributed by atoms with Gasteiger partial charge < -0.3 is 5.32 Å². The minimum absolute atomic E-state index is 0.238.